The molecule has 1 saturated heterocycles. The molecule has 0 spiro atoms. The summed E-state index contributed by atoms with van der Waals surface area (Å²) in [6, 6.07) is 0.485. The Balaban J connectivity index is 2.14. The van der Waals surface area contributed by atoms with Crippen molar-refractivity contribution >= 4 is 19.7 Å². The van der Waals surface area contributed by atoms with Gasteiger partial charge in [-0.25, -0.2) is 9.48 Å². The predicted octanol–water partition coefficient (Wildman–Crippen LogP) is 3.29. The minimum Gasteiger partial charge on any atom is -0.466 e. The molecule has 0 saturated carbocycles. The van der Waals surface area contributed by atoms with E-state index in [0.29, 0.717) is 26.0 Å². The Bertz CT molecular complexity index is 883. The standard InChI is InChI=1S/C21H32F3N3O5Si/c1-30-18(28)8-6-10-31-14-16-7-5-9-26(16)17-13-25-27(15-32-11-12-33(2,3)4)20(29)19(17)21(22,23)24/h6,8,13,16H,5,7,9-12,14-15H2,1-4H3/b8-6+/t16-/m0/s1. The molecule has 1 atom stereocenters. The second-order valence-electron chi connectivity index (χ2n) is 9.01. The third-order valence-corrected chi connectivity index (χ3v) is 6.89. The topological polar surface area (TPSA) is 82.9 Å². The summed E-state index contributed by atoms with van der Waals surface area (Å²) in [5, 5.41) is 3.95. The van der Waals surface area contributed by atoms with Gasteiger partial charge in [0.2, 0.25) is 0 Å². The fourth-order valence-electron chi connectivity index (χ4n) is 3.40. The van der Waals surface area contributed by atoms with Crippen molar-refractivity contribution in [1.29, 1.82) is 0 Å². The van der Waals surface area contributed by atoms with Crippen LogP contribution in [0.1, 0.15) is 18.4 Å². The van der Waals surface area contributed by atoms with Gasteiger partial charge in [-0.05, 0) is 18.9 Å². The van der Waals surface area contributed by atoms with Crippen LogP contribution in [-0.2, 0) is 31.9 Å². The molecule has 1 aromatic rings. The van der Waals surface area contributed by atoms with Crippen molar-refractivity contribution < 1.29 is 32.2 Å². The normalized spacial score (nSPS) is 17.2. The Morgan fingerprint density at radius 1 is 1.30 bits per heavy atom. The van der Waals surface area contributed by atoms with Crippen molar-refractivity contribution in [3.63, 3.8) is 0 Å². The lowest BCUT2D eigenvalue weighted by molar-refractivity contribution is -0.139. The summed E-state index contributed by atoms with van der Waals surface area (Å²) < 4.78 is 57.8. The number of halogens is 3. The molecule has 33 heavy (non-hydrogen) atoms. The van der Waals surface area contributed by atoms with Gasteiger partial charge in [0.15, 0.2) is 0 Å². The average molecular weight is 492 g/mol. The Kier molecular flexibility index (Phi) is 9.67. The molecule has 186 valence electrons. The SMILES string of the molecule is COC(=O)/C=C/COC[C@@H]1CCCN1c1cnn(COCC[Si](C)(C)C)c(=O)c1C(F)(F)F. The Morgan fingerprint density at radius 2 is 2.03 bits per heavy atom. The second kappa shape index (κ2) is 11.8. The van der Waals surface area contributed by atoms with Crippen LogP contribution in [0.3, 0.4) is 0 Å². The number of carbonyl (C=O) groups excluding carboxylic acids is 1. The summed E-state index contributed by atoms with van der Waals surface area (Å²) in [6.45, 7) is 7.11. The van der Waals surface area contributed by atoms with Crippen molar-refractivity contribution in [3.05, 3.63) is 34.3 Å². The molecule has 2 heterocycles. The summed E-state index contributed by atoms with van der Waals surface area (Å²) in [5.41, 5.74) is -2.72. The van der Waals surface area contributed by atoms with Crippen LogP contribution in [0.4, 0.5) is 18.9 Å². The van der Waals surface area contributed by atoms with E-state index in [0.717, 1.165) is 16.9 Å². The molecule has 2 rings (SSSR count). The molecular weight excluding hydrogens is 459 g/mol. The summed E-state index contributed by atoms with van der Waals surface area (Å²) in [4.78, 5) is 25.3. The first-order valence-corrected chi connectivity index (χ1v) is 14.5. The molecule has 0 aliphatic carbocycles. The van der Waals surface area contributed by atoms with E-state index in [1.165, 1.54) is 24.2 Å². The number of aromatic nitrogens is 2. The molecule has 0 amide bonds. The molecule has 0 N–H and O–H groups in total. The van der Waals surface area contributed by atoms with E-state index < -0.39 is 31.3 Å². The van der Waals surface area contributed by atoms with Gasteiger partial charge in [-0.2, -0.15) is 18.3 Å². The first kappa shape index (κ1) is 27.1. The lowest BCUT2D eigenvalue weighted by atomic mass is 10.2. The fraction of sp³-hybridized carbons (Fsp3) is 0.667. The van der Waals surface area contributed by atoms with E-state index in [2.05, 4.69) is 29.5 Å². The van der Waals surface area contributed by atoms with E-state index in [1.807, 2.05) is 0 Å². The Morgan fingerprint density at radius 3 is 2.67 bits per heavy atom. The predicted molar refractivity (Wildman–Crippen MR) is 120 cm³/mol. The quantitative estimate of drug-likeness (QED) is 0.203. The molecule has 1 aliphatic heterocycles. The van der Waals surface area contributed by atoms with Crippen LogP contribution in [0, 0.1) is 0 Å². The molecule has 0 bridgehead atoms. The molecule has 0 radical (unpaired) electrons. The molecule has 1 aromatic heterocycles. The average Bonchev–Trinajstić information content (AvgIpc) is 3.18. The first-order chi connectivity index (χ1) is 15.4. The van der Waals surface area contributed by atoms with E-state index in [-0.39, 0.29) is 31.7 Å². The third-order valence-electron chi connectivity index (χ3n) is 5.18. The van der Waals surface area contributed by atoms with E-state index in [4.69, 9.17) is 9.47 Å². The monoisotopic (exact) mass is 491 g/mol. The largest absolute Gasteiger partial charge is 0.466 e. The van der Waals surface area contributed by atoms with Crippen molar-refractivity contribution in [3.8, 4) is 0 Å². The highest BCUT2D eigenvalue weighted by Crippen LogP contribution is 2.36. The lowest BCUT2D eigenvalue weighted by Gasteiger charge is -2.28. The third kappa shape index (κ3) is 8.27. The number of anilines is 1. The van der Waals surface area contributed by atoms with Crippen LogP contribution in [0.15, 0.2) is 23.1 Å². The van der Waals surface area contributed by atoms with Crippen LogP contribution in [0.2, 0.25) is 25.7 Å². The van der Waals surface area contributed by atoms with Gasteiger partial charge in [0, 0.05) is 27.3 Å². The molecule has 0 unspecified atom stereocenters. The minimum absolute atomic E-state index is 0.111. The van der Waals surface area contributed by atoms with Gasteiger partial charge in [-0.3, -0.25) is 4.79 Å². The first-order valence-electron chi connectivity index (χ1n) is 10.8. The van der Waals surface area contributed by atoms with Gasteiger partial charge in [-0.1, -0.05) is 25.7 Å². The van der Waals surface area contributed by atoms with Crippen LogP contribution in [0.5, 0.6) is 0 Å². The molecular formula is C21H32F3N3O5Si. The summed E-state index contributed by atoms with van der Waals surface area (Å²) >= 11 is 0. The molecule has 12 heteroatoms. The van der Waals surface area contributed by atoms with Gasteiger partial charge < -0.3 is 19.1 Å². The smallest absolute Gasteiger partial charge is 0.423 e. The maximum Gasteiger partial charge on any atom is 0.423 e. The maximum atomic E-state index is 13.9. The maximum absolute atomic E-state index is 13.9. The number of esters is 1. The van der Waals surface area contributed by atoms with Crippen molar-refractivity contribution in [2.45, 2.75) is 57.5 Å². The molecule has 1 aliphatic rings. The van der Waals surface area contributed by atoms with Crippen LogP contribution in [-0.4, -0.2) is 63.3 Å². The number of hydrogen-bond acceptors (Lipinski definition) is 7. The van der Waals surface area contributed by atoms with Gasteiger partial charge in [0.1, 0.15) is 12.3 Å². The number of carbonyl (C=O) groups is 1. The highest BCUT2D eigenvalue weighted by atomic mass is 28.3. The van der Waals surface area contributed by atoms with E-state index >= 15 is 0 Å². The molecule has 0 aromatic carbocycles. The Hall–Kier alpha value is -2.18. The molecule has 8 nitrogen and oxygen atoms in total. The second-order valence-corrected chi connectivity index (χ2v) is 14.6. The van der Waals surface area contributed by atoms with Crippen molar-refractivity contribution in [2.24, 2.45) is 0 Å². The molecule has 1 fully saturated rings. The van der Waals surface area contributed by atoms with Gasteiger partial charge >= 0.3 is 12.1 Å². The van der Waals surface area contributed by atoms with Gasteiger partial charge in [0.05, 0.1) is 38.2 Å². The van der Waals surface area contributed by atoms with E-state index in [9.17, 15) is 22.8 Å². The van der Waals surface area contributed by atoms with Gasteiger partial charge in [0.25, 0.3) is 5.56 Å². The number of alkyl halides is 3. The number of rotatable bonds is 11. The summed E-state index contributed by atoms with van der Waals surface area (Å²) in [6.07, 6.45) is 0.196. The number of ether oxygens (including phenoxy) is 3. The highest BCUT2D eigenvalue weighted by molar-refractivity contribution is 6.76. The highest BCUT2D eigenvalue weighted by Gasteiger charge is 2.41. The zero-order chi connectivity index (χ0) is 24.6. The number of methoxy groups -OCH3 is 1. The summed E-state index contributed by atoms with van der Waals surface area (Å²) in [7, 11) is -0.113. The number of hydrogen-bond donors (Lipinski definition) is 0. The van der Waals surface area contributed by atoms with E-state index in [1.54, 1.807) is 0 Å². The van der Waals surface area contributed by atoms with Crippen LogP contribution < -0.4 is 10.5 Å². The Labute approximate surface area is 192 Å². The van der Waals surface area contributed by atoms with Gasteiger partial charge in [-0.15, -0.1) is 0 Å². The lowest BCUT2D eigenvalue weighted by Crippen LogP contribution is -2.39. The number of nitrogens with zero attached hydrogens (tertiary/aromatic N) is 3. The van der Waals surface area contributed by atoms with Crippen molar-refractivity contribution in [1.82, 2.24) is 9.78 Å². The summed E-state index contributed by atoms with van der Waals surface area (Å²) in [5.74, 6) is -0.521. The van der Waals surface area contributed by atoms with Crippen molar-refractivity contribution in [2.75, 3.05) is 38.4 Å². The fourth-order valence-corrected chi connectivity index (χ4v) is 4.15. The zero-order valence-electron chi connectivity index (χ0n) is 19.5. The minimum atomic E-state index is -4.84. The van der Waals surface area contributed by atoms with Crippen LogP contribution >= 0.6 is 0 Å². The zero-order valence-corrected chi connectivity index (χ0v) is 20.5. The van der Waals surface area contributed by atoms with Crippen LogP contribution in [0.25, 0.3) is 0 Å².